The van der Waals surface area contributed by atoms with E-state index in [2.05, 4.69) is 4.98 Å². The number of aromatic nitrogens is 2. The maximum Gasteiger partial charge on any atom is 0.284 e. The van der Waals surface area contributed by atoms with Gasteiger partial charge in [0.2, 0.25) is 0 Å². The molecule has 8 nitrogen and oxygen atoms in total. The molecule has 0 saturated heterocycles. The topological polar surface area (TPSA) is 107 Å². The number of benzene rings is 2. The van der Waals surface area contributed by atoms with E-state index in [9.17, 15) is 14.9 Å². The fourth-order valence-corrected chi connectivity index (χ4v) is 2.87. The van der Waals surface area contributed by atoms with Crippen LogP contribution in [0.5, 0.6) is 0 Å². The maximum absolute atomic E-state index is 13.1. The predicted octanol–water partition coefficient (Wildman–Crippen LogP) is 2.63. The lowest BCUT2D eigenvalue weighted by Gasteiger charge is -2.14. The van der Waals surface area contributed by atoms with Crippen LogP contribution in [0.1, 0.15) is 0 Å². The summed E-state index contributed by atoms with van der Waals surface area (Å²) in [7, 11) is 0. The standard InChI is InChI=1S/C18H16ClN3O5/c19-13-6-4-12(5-7-13)17-20-14-2-1-3-15(22(25)26)16(14)18(24)21(17)8-10-27-11-9-23/h1-7,23H,8-11H2. The van der Waals surface area contributed by atoms with Crippen LogP contribution in [0, 0.1) is 10.1 Å². The molecule has 1 aromatic heterocycles. The Balaban J connectivity index is 2.21. The Hall–Kier alpha value is -2.81. The summed E-state index contributed by atoms with van der Waals surface area (Å²) in [4.78, 5) is 28.3. The Labute approximate surface area is 158 Å². The SMILES string of the molecule is O=c1c2c([N+](=O)[O-])cccc2nc(-c2ccc(Cl)cc2)n1CCOCCO. The van der Waals surface area contributed by atoms with Crippen molar-refractivity contribution in [1.29, 1.82) is 0 Å². The first-order valence-corrected chi connectivity index (χ1v) is 8.53. The number of nitrogens with zero attached hydrogens (tertiary/aromatic N) is 3. The first kappa shape index (κ1) is 19.0. The molecular weight excluding hydrogens is 374 g/mol. The average molecular weight is 390 g/mol. The van der Waals surface area contributed by atoms with E-state index in [0.29, 0.717) is 16.4 Å². The summed E-state index contributed by atoms with van der Waals surface area (Å²) in [6, 6.07) is 11.1. The third kappa shape index (κ3) is 3.97. The summed E-state index contributed by atoms with van der Waals surface area (Å²) in [6.07, 6.45) is 0. The first-order valence-electron chi connectivity index (χ1n) is 8.15. The predicted molar refractivity (Wildman–Crippen MR) is 101 cm³/mol. The van der Waals surface area contributed by atoms with Crippen molar-refractivity contribution in [3.63, 3.8) is 0 Å². The second-order valence-corrected chi connectivity index (χ2v) is 6.10. The van der Waals surface area contributed by atoms with Crippen molar-refractivity contribution in [2.45, 2.75) is 6.54 Å². The van der Waals surface area contributed by atoms with Crippen molar-refractivity contribution in [3.8, 4) is 11.4 Å². The number of ether oxygens (including phenoxy) is 1. The van der Waals surface area contributed by atoms with Gasteiger partial charge in [0.15, 0.2) is 0 Å². The smallest absolute Gasteiger partial charge is 0.284 e. The highest BCUT2D eigenvalue weighted by Gasteiger charge is 2.20. The molecule has 1 heterocycles. The van der Waals surface area contributed by atoms with Crippen LogP contribution in [-0.4, -0.2) is 39.4 Å². The number of nitro groups is 1. The third-order valence-electron chi connectivity index (χ3n) is 3.96. The van der Waals surface area contributed by atoms with Gasteiger partial charge in [0.1, 0.15) is 11.2 Å². The molecule has 27 heavy (non-hydrogen) atoms. The molecule has 0 unspecified atom stereocenters. The number of fused-ring (bicyclic) bond motifs is 1. The molecule has 0 bridgehead atoms. The van der Waals surface area contributed by atoms with E-state index in [-0.39, 0.29) is 43.0 Å². The van der Waals surface area contributed by atoms with E-state index in [1.165, 1.54) is 16.7 Å². The van der Waals surface area contributed by atoms with Crippen LogP contribution < -0.4 is 5.56 Å². The van der Waals surface area contributed by atoms with Crippen molar-refractivity contribution >= 4 is 28.2 Å². The summed E-state index contributed by atoms with van der Waals surface area (Å²) < 4.78 is 6.59. The van der Waals surface area contributed by atoms with Gasteiger partial charge >= 0.3 is 0 Å². The molecule has 0 aliphatic heterocycles. The van der Waals surface area contributed by atoms with E-state index in [1.54, 1.807) is 30.3 Å². The molecule has 0 spiro atoms. The van der Waals surface area contributed by atoms with Crippen LogP contribution in [0.25, 0.3) is 22.3 Å². The summed E-state index contributed by atoms with van der Waals surface area (Å²) in [6.45, 7) is 0.271. The van der Waals surface area contributed by atoms with Crippen molar-refractivity contribution < 1.29 is 14.8 Å². The molecule has 0 atom stereocenters. The number of hydrogen-bond acceptors (Lipinski definition) is 6. The number of nitro benzene ring substituents is 1. The van der Waals surface area contributed by atoms with E-state index in [0.717, 1.165) is 0 Å². The second kappa shape index (κ2) is 8.26. The third-order valence-corrected chi connectivity index (χ3v) is 4.21. The normalized spacial score (nSPS) is 11.0. The number of hydrogen-bond donors (Lipinski definition) is 1. The van der Waals surface area contributed by atoms with E-state index in [4.69, 9.17) is 21.4 Å². The van der Waals surface area contributed by atoms with Crippen molar-refractivity contribution in [2.75, 3.05) is 19.8 Å². The van der Waals surface area contributed by atoms with Gasteiger partial charge in [-0.3, -0.25) is 19.5 Å². The highest BCUT2D eigenvalue weighted by molar-refractivity contribution is 6.30. The molecule has 3 rings (SSSR count). The Morgan fingerprint density at radius 3 is 2.59 bits per heavy atom. The van der Waals surface area contributed by atoms with E-state index < -0.39 is 10.5 Å². The highest BCUT2D eigenvalue weighted by Crippen LogP contribution is 2.25. The van der Waals surface area contributed by atoms with Crippen molar-refractivity contribution in [3.05, 3.63) is 68.0 Å². The molecule has 9 heteroatoms. The zero-order valence-electron chi connectivity index (χ0n) is 14.2. The summed E-state index contributed by atoms with van der Waals surface area (Å²) in [5.41, 5.74) is 0.0706. The molecule has 1 N–H and O–H groups in total. The van der Waals surface area contributed by atoms with Crippen molar-refractivity contribution in [2.24, 2.45) is 0 Å². The molecule has 3 aromatic rings. The average Bonchev–Trinajstić information content (AvgIpc) is 2.66. The van der Waals surface area contributed by atoms with Gasteiger partial charge < -0.3 is 9.84 Å². The van der Waals surface area contributed by atoms with Crippen LogP contribution in [-0.2, 0) is 11.3 Å². The fraction of sp³-hybridized carbons (Fsp3) is 0.222. The molecule has 0 saturated carbocycles. The van der Waals surface area contributed by atoms with Gasteiger partial charge in [-0.1, -0.05) is 17.7 Å². The van der Waals surface area contributed by atoms with Crippen LogP contribution in [0.4, 0.5) is 5.69 Å². The van der Waals surface area contributed by atoms with Gasteiger partial charge in [-0.25, -0.2) is 4.98 Å². The quantitative estimate of drug-likeness (QED) is 0.378. The number of non-ortho nitro benzene ring substituents is 1. The fourth-order valence-electron chi connectivity index (χ4n) is 2.75. The molecule has 0 fully saturated rings. The summed E-state index contributed by atoms with van der Waals surface area (Å²) in [5, 5.41) is 20.6. The van der Waals surface area contributed by atoms with Crippen LogP contribution in [0.15, 0.2) is 47.3 Å². The number of aliphatic hydroxyl groups excluding tert-OH is 1. The Morgan fingerprint density at radius 1 is 1.19 bits per heavy atom. The molecule has 140 valence electrons. The molecule has 0 amide bonds. The van der Waals surface area contributed by atoms with Crippen molar-refractivity contribution in [1.82, 2.24) is 9.55 Å². The number of rotatable bonds is 7. The highest BCUT2D eigenvalue weighted by atomic mass is 35.5. The Bertz CT molecular complexity index is 1030. The lowest BCUT2D eigenvalue weighted by molar-refractivity contribution is -0.383. The summed E-state index contributed by atoms with van der Waals surface area (Å²) >= 11 is 5.93. The minimum Gasteiger partial charge on any atom is -0.394 e. The summed E-state index contributed by atoms with van der Waals surface area (Å²) in [5.74, 6) is 0.359. The Morgan fingerprint density at radius 2 is 1.93 bits per heavy atom. The largest absolute Gasteiger partial charge is 0.394 e. The number of aliphatic hydroxyl groups is 1. The van der Waals surface area contributed by atoms with E-state index >= 15 is 0 Å². The molecule has 0 aliphatic carbocycles. The lowest BCUT2D eigenvalue weighted by atomic mass is 10.1. The van der Waals surface area contributed by atoms with E-state index in [1.807, 2.05) is 0 Å². The Kier molecular flexibility index (Phi) is 5.80. The van der Waals surface area contributed by atoms with Gasteiger partial charge in [0.05, 0.1) is 36.8 Å². The zero-order valence-corrected chi connectivity index (χ0v) is 14.9. The number of halogens is 1. The van der Waals surface area contributed by atoms with Gasteiger partial charge in [-0.15, -0.1) is 0 Å². The zero-order chi connectivity index (χ0) is 19.4. The monoisotopic (exact) mass is 389 g/mol. The minimum absolute atomic E-state index is 0.0534. The molecule has 0 radical (unpaired) electrons. The van der Waals surface area contributed by atoms with Gasteiger partial charge in [-0.2, -0.15) is 0 Å². The molecule has 0 aliphatic rings. The molecule has 2 aromatic carbocycles. The first-order chi connectivity index (χ1) is 13.0. The second-order valence-electron chi connectivity index (χ2n) is 5.66. The molecular formula is C18H16ClN3O5. The van der Waals surface area contributed by atoms with Crippen LogP contribution >= 0.6 is 11.6 Å². The maximum atomic E-state index is 13.1. The lowest BCUT2D eigenvalue weighted by Crippen LogP contribution is -2.26. The van der Waals surface area contributed by atoms with Gasteiger partial charge in [0, 0.05) is 16.7 Å². The van der Waals surface area contributed by atoms with Gasteiger partial charge in [-0.05, 0) is 30.3 Å². The van der Waals surface area contributed by atoms with Gasteiger partial charge in [0.25, 0.3) is 11.2 Å². The van der Waals surface area contributed by atoms with Crippen LogP contribution in [0.3, 0.4) is 0 Å². The minimum atomic E-state index is -0.597. The van der Waals surface area contributed by atoms with Crippen LogP contribution in [0.2, 0.25) is 5.02 Å².